The molecule has 0 spiro atoms. The predicted octanol–water partition coefficient (Wildman–Crippen LogP) is 0.573. The number of likely N-dealkylation sites (tertiary alicyclic amines) is 1. The first-order valence-corrected chi connectivity index (χ1v) is 9.11. The normalized spacial score (nSPS) is 18.8. The third-order valence-electron chi connectivity index (χ3n) is 3.51. The molecule has 0 saturated carbocycles. The summed E-state index contributed by atoms with van der Waals surface area (Å²) in [5.74, 6) is -1.95. The molecule has 2 amide bonds. The van der Waals surface area contributed by atoms with Crippen molar-refractivity contribution in [1.29, 1.82) is 0 Å². The van der Waals surface area contributed by atoms with Crippen LogP contribution in [0.15, 0.2) is 24.6 Å². The van der Waals surface area contributed by atoms with E-state index in [1.54, 1.807) is 0 Å². The summed E-state index contributed by atoms with van der Waals surface area (Å²) in [5.41, 5.74) is 0.0823. The van der Waals surface area contributed by atoms with E-state index in [1.807, 2.05) is 0 Å². The summed E-state index contributed by atoms with van der Waals surface area (Å²) in [7, 11) is -3.01. The van der Waals surface area contributed by atoms with E-state index in [0.29, 0.717) is 0 Å². The molecular formula is C12H9BrClN3O6S. The monoisotopic (exact) mass is 437 g/mol. The fraction of sp³-hybridized carbons (Fsp3) is 0.250. The molecule has 3 rings (SSSR count). The Hall–Kier alpha value is -1.69. The molecule has 1 saturated heterocycles. The molecule has 24 heavy (non-hydrogen) atoms. The minimum atomic E-state index is -4.27. The lowest BCUT2D eigenvalue weighted by atomic mass is 10.3. The quantitative estimate of drug-likeness (QED) is 0.674. The largest absolute Gasteiger partial charge is 0.417 e. The summed E-state index contributed by atoms with van der Waals surface area (Å²) in [4.78, 5) is 37.5. The van der Waals surface area contributed by atoms with Crippen molar-refractivity contribution >= 4 is 60.5 Å². The minimum absolute atomic E-state index is 0.0645. The number of amides is 2. The van der Waals surface area contributed by atoms with Gasteiger partial charge in [-0.2, -0.15) is 4.72 Å². The second kappa shape index (κ2) is 5.69. The number of nitrogens with one attached hydrogen (secondary N) is 2. The van der Waals surface area contributed by atoms with Crippen molar-refractivity contribution in [2.24, 2.45) is 0 Å². The average molecular weight is 439 g/mol. The number of likely N-dealkylation sites (N-methyl/N-ethyl adjacent to an activating group) is 1. The van der Waals surface area contributed by atoms with Crippen LogP contribution in [0, 0.1) is 0 Å². The maximum atomic E-state index is 12.6. The number of rotatable bonds is 3. The second-order valence-corrected chi connectivity index (χ2v) is 7.94. The van der Waals surface area contributed by atoms with Gasteiger partial charge in [0, 0.05) is 11.5 Å². The highest BCUT2D eigenvalue weighted by Crippen LogP contribution is 2.35. The lowest BCUT2D eigenvalue weighted by molar-refractivity contribution is -0.137. The number of aromatic amines is 1. The minimum Gasteiger partial charge on any atom is -0.406 e. The number of imide groups is 1. The second-order valence-electron chi connectivity index (χ2n) is 5.06. The zero-order chi connectivity index (χ0) is 17.8. The molecule has 0 unspecified atom stereocenters. The van der Waals surface area contributed by atoms with Gasteiger partial charge in [-0.25, -0.2) is 13.2 Å². The van der Waals surface area contributed by atoms with Crippen LogP contribution in [0.4, 0.5) is 0 Å². The molecule has 1 fully saturated rings. The molecule has 2 N–H and O–H groups in total. The third kappa shape index (κ3) is 2.66. The number of hydrogen-bond donors (Lipinski definition) is 2. The lowest BCUT2D eigenvalue weighted by Crippen LogP contribution is -2.40. The van der Waals surface area contributed by atoms with Crippen LogP contribution >= 0.6 is 27.5 Å². The van der Waals surface area contributed by atoms with E-state index in [2.05, 4.69) is 25.6 Å². The van der Waals surface area contributed by atoms with E-state index < -0.39 is 38.5 Å². The molecule has 1 aliphatic rings. The molecule has 12 heteroatoms. The van der Waals surface area contributed by atoms with Crippen LogP contribution in [0.25, 0.3) is 11.1 Å². The summed E-state index contributed by atoms with van der Waals surface area (Å²) in [5, 5.41) is -0.324. The molecule has 1 aromatic heterocycles. The van der Waals surface area contributed by atoms with E-state index >= 15 is 0 Å². The Morgan fingerprint density at radius 2 is 2.08 bits per heavy atom. The number of aromatic nitrogens is 1. The number of benzene rings is 1. The van der Waals surface area contributed by atoms with Crippen molar-refractivity contribution in [3.8, 4) is 0 Å². The van der Waals surface area contributed by atoms with E-state index in [9.17, 15) is 22.8 Å². The molecule has 2 heterocycles. The summed E-state index contributed by atoms with van der Waals surface area (Å²) in [6.07, 6.45) is -0.286. The fourth-order valence-electron chi connectivity index (χ4n) is 2.34. The highest BCUT2D eigenvalue weighted by atomic mass is 79.9. The number of oxazole rings is 1. The van der Waals surface area contributed by atoms with Crippen molar-refractivity contribution in [2.75, 3.05) is 7.05 Å². The van der Waals surface area contributed by atoms with Crippen LogP contribution in [-0.2, 0) is 19.6 Å². The smallest absolute Gasteiger partial charge is 0.406 e. The number of nitrogens with zero attached hydrogens (tertiary/aromatic N) is 1. The standard InChI is InChI=1S/C12H9BrClN3O6S/c1-17-7(18)3-6(11(17)19)16-24(21,22)10-4(13)2-5-9(8(10)14)23-12(20)15-5/h2,6,16H,3H2,1H3,(H,15,20)/t6-/m1/s1. The van der Waals surface area contributed by atoms with Gasteiger partial charge >= 0.3 is 5.76 Å². The van der Waals surface area contributed by atoms with Crippen molar-refractivity contribution in [2.45, 2.75) is 17.4 Å². The Morgan fingerprint density at radius 3 is 2.67 bits per heavy atom. The summed E-state index contributed by atoms with van der Waals surface area (Å²) in [6.45, 7) is 0. The number of halogens is 2. The maximum absolute atomic E-state index is 12.6. The Balaban J connectivity index is 2.07. The van der Waals surface area contributed by atoms with Gasteiger partial charge < -0.3 is 4.42 Å². The van der Waals surface area contributed by atoms with Crippen molar-refractivity contribution in [3.05, 3.63) is 26.1 Å². The number of H-pyrrole nitrogens is 1. The van der Waals surface area contributed by atoms with Crippen LogP contribution < -0.4 is 10.5 Å². The van der Waals surface area contributed by atoms with Crippen LogP contribution in [0.3, 0.4) is 0 Å². The molecule has 9 nitrogen and oxygen atoms in total. The molecule has 1 aliphatic heterocycles. The van der Waals surface area contributed by atoms with Crippen LogP contribution in [-0.4, -0.2) is 43.2 Å². The molecular weight excluding hydrogens is 430 g/mol. The summed E-state index contributed by atoms with van der Waals surface area (Å²) >= 11 is 9.13. The van der Waals surface area contributed by atoms with Gasteiger partial charge in [-0.15, -0.1) is 0 Å². The number of hydrogen-bond acceptors (Lipinski definition) is 6. The fourth-order valence-corrected chi connectivity index (χ4v) is 5.39. The highest BCUT2D eigenvalue weighted by Gasteiger charge is 2.39. The molecule has 1 aromatic carbocycles. The van der Waals surface area contributed by atoms with Gasteiger partial charge in [-0.05, 0) is 22.0 Å². The first-order chi connectivity index (χ1) is 11.1. The van der Waals surface area contributed by atoms with Crippen molar-refractivity contribution in [1.82, 2.24) is 14.6 Å². The predicted molar refractivity (Wildman–Crippen MR) is 86.0 cm³/mol. The summed E-state index contributed by atoms with van der Waals surface area (Å²) < 4.78 is 32.2. The summed E-state index contributed by atoms with van der Waals surface area (Å²) in [6, 6.07) is 0.0958. The zero-order valence-electron chi connectivity index (χ0n) is 11.9. The van der Waals surface area contributed by atoms with E-state index in [1.165, 1.54) is 13.1 Å². The number of carbonyl (C=O) groups is 2. The zero-order valence-corrected chi connectivity index (χ0v) is 15.1. The maximum Gasteiger partial charge on any atom is 0.417 e. The Morgan fingerprint density at radius 1 is 1.42 bits per heavy atom. The Bertz CT molecular complexity index is 1040. The van der Waals surface area contributed by atoms with Crippen LogP contribution in [0.2, 0.25) is 5.02 Å². The first-order valence-electron chi connectivity index (χ1n) is 6.45. The van der Waals surface area contributed by atoms with E-state index in [4.69, 9.17) is 16.0 Å². The van der Waals surface area contributed by atoms with E-state index in [-0.39, 0.29) is 27.0 Å². The molecule has 0 radical (unpaired) electrons. The van der Waals surface area contributed by atoms with Crippen molar-refractivity contribution in [3.63, 3.8) is 0 Å². The molecule has 128 valence electrons. The van der Waals surface area contributed by atoms with E-state index in [0.717, 1.165) is 4.90 Å². The van der Waals surface area contributed by atoms with Gasteiger partial charge in [0.1, 0.15) is 16.0 Å². The van der Waals surface area contributed by atoms with Gasteiger partial charge in [0.05, 0.1) is 11.9 Å². The van der Waals surface area contributed by atoms with Gasteiger partial charge in [-0.1, -0.05) is 11.6 Å². The molecule has 0 aliphatic carbocycles. The molecule has 0 bridgehead atoms. The average Bonchev–Trinajstić information content (AvgIpc) is 2.94. The van der Waals surface area contributed by atoms with Gasteiger partial charge in [0.15, 0.2) is 5.58 Å². The topological polar surface area (TPSA) is 130 Å². The third-order valence-corrected chi connectivity index (χ3v) is 6.43. The molecule has 1 atom stereocenters. The van der Waals surface area contributed by atoms with Crippen LogP contribution in [0.5, 0.6) is 0 Å². The number of fused-ring (bicyclic) bond motifs is 1. The van der Waals surface area contributed by atoms with Gasteiger partial charge in [0.25, 0.3) is 0 Å². The molecule has 2 aromatic rings. The SMILES string of the molecule is CN1C(=O)C[C@@H](NS(=O)(=O)c2c(Br)cc3[nH]c(=O)oc3c2Cl)C1=O. The first kappa shape index (κ1) is 17.1. The number of carbonyl (C=O) groups excluding carboxylic acids is 2. The highest BCUT2D eigenvalue weighted by molar-refractivity contribution is 9.10. The Labute approximate surface area is 148 Å². The van der Waals surface area contributed by atoms with Gasteiger partial charge in [0.2, 0.25) is 21.8 Å². The van der Waals surface area contributed by atoms with Crippen LogP contribution in [0.1, 0.15) is 6.42 Å². The van der Waals surface area contributed by atoms with Gasteiger partial charge in [-0.3, -0.25) is 19.5 Å². The Kier molecular flexibility index (Phi) is 4.06. The lowest BCUT2D eigenvalue weighted by Gasteiger charge is -2.14. The van der Waals surface area contributed by atoms with Crippen molar-refractivity contribution < 1.29 is 22.4 Å². The number of sulfonamides is 1.